The number of benzene rings is 3. The number of ether oxygens (including phenoxy) is 2. The lowest BCUT2D eigenvalue weighted by Crippen LogP contribution is -2.44. The van der Waals surface area contributed by atoms with Crippen molar-refractivity contribution in [1.29, 1.82) is 0 Å². The van der Waals surface area contributed by atoms with Crippen molar-refractivity contribution in [3.63, 3.8) is 0 Å². The standard InChI is InChI=1S/C28H30N2O4/c1-30-16-14-24(15-17-30)29-27(31)23(18-20-10-12-22(13-11-20)28(32)33-2)19-34-26-9-5-7-21-6-3-4-8-25(21)26/h3-13,18,24H,14-17,19H2,1-2H3,(H,29,31)/b23-18+. The maximum atomic E-state index is 13.3. The summed E-state index contributed by atoms with van der Waals surface area (Å²) < 4.78 is 10.9. The maximum absolute atomic E-state index is 13.3. The first-order valence-corrected chi connectivity index (χ1v) is 11.5. The van der Waals surface area contributed by atoms with Crippen molar-refractivity contribution >= 4 is 28.7 Å². The molecule has 34 heavy (non-hydrogen) atoms. The highest BCUT2D eigenvalue weighted by Crippen LogP contribution is 2.26. The van der Waals surface area contributed by atoms with Gasteiger partial charge in [0.15, 0.2) is 0 Å². The van der Waals surface area contributed by atoms with Crippen molar-refractivity contribution in [2.75, 3.05) is 33.9 Å². The number of fused-ring (bicyclic) bond motifs is 1. The lowest BCUT2D eigenvalue weighted by molar-refractivity contribution is -0.118. The van der Waals surface area contributed by atoms with Gasteiger partial charge in [-0.15, -0.1) is 0 Å². The van der Waals surface area contributed by atoms with Crippen LogP contribution in [0.15, 0.2) is 72.3 Å². The van der Waals surface area contributed by atoms with Crippen LogP contribution in [0.4, 0.5) is 0 Å². The van der Waals surface area contributed by atoms with E-state index in [2.05, 4.69) is 17.3 Å². The zero-order valence-electron chi connectivity index (χ0n) is 19.6. The Hall–Kier alpha value is -3.64. The average molecular weight is 459 g/mol. The monoisotopic (exact) mass is 458 g/mol. The minimum absolute atomic E-state index is 0.130. The van der Waals surface area contributed by atoms with Crippen molar-refractivity contribution in [1.82, 2.24) is 10.2 Å². The Balaban J connectivity index is 1.55. The molecular formula is C28H30N2O4. The van der Waals surface area contributed by atoms with Gasteiger partial charge < -0.3 is 19.7 Å². The van der Waals surface area contributed by atoms with Crippen LogP contribution in [-0.4, -0.2) is 56.7 Å². The van der Waals surface area contributed by atoms with Crippen LogP contribution in [0.5, 0.6) is 5.75 Å². The summed E-state index contributed by atoms with van der Waals surface area (Å²) in [6.45, 7) is 2.06. The minimum Gasteiger partial charge on any atom is -0.488 e. The van der Waals surface area contributed by atoms with E-state index in [9.17, 15) is 9.59 Å². The van der Waals surface area contributed by atoms with Crippen LogP contribution in [0, 0.1) is 0 Å². The van der Waals surface area contributed by atoms with Gasteiger partial charge in [-0.05, 0) is 68.2 Å². The van der Waals surface area contributed by atoms with Crippen molar-refractivity contribution < 1.29 is 19.1 Å². The summed E-state index contributed by atoms with van der Waals surface area (Å²) in [6, 6.07) is 21.0. The van der Waals surface area contributed by atoms with Crippen LogP contribution >= 0.6 is 0 Å². The number of carbonyl (C=O) groups is 2. The number of carbonyl (C=O) groups excluding carboxylic acids is 2. The Kier molecular flexibility index (Phi) is 7.60. The van der Waals surface area contributed by atoms with Gasteiger partial charge in [0, 0.05) is 11.4 Å². The van der Waals surface area contributed by atoms with Gasteiger partial charge in [-0.25, -0.2) is 4.79 Å². The van der Waals surface area contributed by atoms with E-state index in [4.69, 9.17) is 9.47 Å². The second-order valence-corrected chi connectivity index (χ2v) is 8.60. The normalized spacial score (nSPS) is 15.2. The van der Waals surface area contributed by atoms with Gasteiger partial charge in [0.05, 0.1) is 18.2 Å². The molecule has 1 N–H and O–H groups in total. The second-order valence-electron chi connectivity index (χ2n) is 8.60. The molecule has 1 saturated heterocycles. The lowest BCUT2D eigenvalue weighted by Gasteiger charge is -2.29. The molecule has 0 spiro atoms. The van der Waals surface area contributed by atoms with E-state index in [-0.39, 0.29) is 18.6 Å². The molecule has 1 fully saturated rings. The van der Waals surface area contributed by atoms with Crippen molar-refractivity contribution in [2.24, 2.45) is 0 Å². The highest BCUT2D eigenvalue weighted by atomic mass is 16.5. The number of hydrogen-bond acceptors (Lipinski definition) is 5. The molecule has 3 aromatic carbocycles. The summed E-state index contributed by atoms with van der Waals surface area (Å²) >= 11 is 0. The maximum Gasteiger partial charge on any atom is 0.337 e. The molecule has 0 saturated carbocycles. The van der Waals surface area contributed by atoms with Gasteiger partial charge >= 0.3 is 5.97 Å². The van der Waals surface area contributed by atoms with Crippen molar-refractivity contribution in [3.8, 4) is 5.75 Å². The number of rotatable bonds is 7. The van der Waals surface area contributed by atoms with E-state index in [0.29, 0.717) is 11.1 Å². The van der Waals surface area contributed by atoms with Gasteiger partial charge in [0.25, 0.3) is 5.91 Å². The molecule has 0 aliphatic carbocycles. The fraction of sp³-hybridized carbons (Fsp3) is 0.286. The summed E-state index contributed by atoms with van der Waals surface area (Å²) in [5.74, 6) is 0.207. The van der Waals surface area contributed by atoms with E-state index in [1.54, 1.807) is 24.3 Å². The summed E-state index contributed by atoms with van der Waals surface area (Å²) in [5, 5.41) is 5.27. The first kappa shape index (κ1) is 23.5. The molecule has 0 atom stereocenters. The molecule has 6 nitrogen and oxygen atoms in total. The third kappa shape index (κ3) is 5.83. The Bertz CT molecular complexity index is 1170. The highest BCUT2D eigenvalue weighted by molar-refractivity contribution is 5.98. The number of amides is 1. The molecule has 0 unspecified atom stereocenters. The lowest BCUT2D eigenvalue weighted by atomic mass is 10.0. The van der Waals surface area contributed by atoms with Crippen molar-refractivity contribution in [2.45, 2.75) is 18.9 Å². The first-order valence-electron chi connectivity index (χ1n) is 11.5. The molecule has 3 aromatic rings. The van der Waals surface area contributed by atoms with Crippen LogP contribution in [0.25, 0.3) is 16.8 Å². The number of methoxy groups -OCH3 is 1. The van der Waals surface area contributed by atoms with E-state index in [1.165, 1.54) is 7.11 Å². The Labute approximate surface area is 200 Å². The van der Waals surface area contributed by atoms with Crippen LogP contribution in [0.2, 0.25) is 0 Å². The van der Waals surface area contributed by atoms with Gasteiger partial charge in [0.1, 0.15) is 12.4 Å². The highest BCUT2D eigenvalue weighted by Gasteiger charge is 2.21. The Morgan fingerprint density at radius 1 is 1.00 bits per heavy atom. The number of likely N-dealkylation sites (tertiary alicyclic amines) is 1. The fourth-order valence-corrected chi connectivity index (χ4v) is 4.12. The van der Waals surface area contributed by atoms with E-state index < -0.39 is 5.97 Å². The summed E-state index contributed by atoms with van der Waals surface area (Å²) in [5.41, 5.74) is 1.80. The topological polar surface area (TPSA) is 67.9 Å². The van der Waals surface area contributed by atoms with Crippen LogP contribution in [0.3, 0.4) is 0 Å². The molecule has 0 bridgehead atoms. The number of hydrogen-bond donors (Lipinski definition) is 1. The predicted molar refractivity (Wildman–Crippen MR) is 134 cm³/mol. The molecule has 0 aromatic heterocycles. The van der Waals surface area contributed by atoms with Gasteiger partial charge in [-0.2, -0.15) is 0 Å². The summed E-state index contributed by atoms with van der Waals surface area (Å²) in [7, 11) is 3.45. The molecule has 6 heteroatoms. The first-order chi connectivity index (χ1) is 16.5. The summed E-state index contributed by atoms with van der Waals surface area (Å²) in [6.07, 6.45) is 3.66. The molecule has 1 aliphatic rings. The van der Waals surface area contributed by atoms with Crippen LogP contribution in [-0.2, 0) is 9.53 Å². The largest absolute Gasteiger partial charge is 0.488 e. The SMILES string of the molecule is COC(=O)c1ccc(/C=C(\COc2cccc3ccccc23)C(=O)NC2CCN(C)CC2)cc1. The zero-order valence-corrected chi connectivity index (χ0v) is 19.6. The van der Waals surface area contributed by atoms with E-state index >= 15 is 0 Å². The summed E-state index contributed by atoms with van der Waals surface area (Å²) in [4.78, 5) is 27.3. The van der Waals surface area contributed by atoms with E-state index in [1.807, 2.05) is 48.5 Å². The van der Waals surface area contributed by atoms with Gasteiger partial charge in [-0.1, -0.05) is 48.5 Å². The predicted octanol–water partition coefficient (Wildman–Crippen LogP) is 4.30. The Morgan fingerprint density at radius 3 is 2.44 bits per heavy atom. The zero-order chi connectivity index (χ0) is 23.9. The molecular weight excluding hydrogens is 428 g/mol. The quantitative estimate of drug-likeness (QED) is 0.422. The molecule has 4 rings (SSSR count). The molecule has 1 amide bonds. The number of nitrogens with one attached hydrogen (secondary N) is 1. The van der Waals surface area contributed by atoms with Crippen LogP contribution < -0.4 is 10.1 Å². The smallest absolute Gasteiger partial charge is 0.337 e. The van der Waals surface area contributed by atoms with Gasteiger partial charge in [-0.3, -0.25) is 4.79 Å². The molecule has 1 heterocycles. The molecule has 176 valence electrons. The third-order valence-corrected chi connectivity index (χ3v) is 6.15. The molecule has 0 radical (unpaired) electrons. The van der Waals surface area contributed by atoms with E-state index in [0.717, 1.165) is 48.0 Å². The third-order valence-electron chi connectivity index (χ3n) is 6.15. The minimum atomic E-state index is -0.393. The van der Waals surface area contributed by atoms with Gasteiger partial charge in [0.2, 0.25) is 0 Å². The van der Waals surface area contributed by atoms with Crippen molar-refractivity contribution in [3.05, 3.63) is 83.4 Å². The average Bonchev–Trinajstić information content (AvgIpc) is 2.87. The number of piperidine rings is 1. The second kappa shape index (κ2) is 11.0. The number of esters is 1. The van der Waals surface area contributed by atoms with Crippen LogP contribution in [0.1, 0.15) is 28.8 Å². The molecule has 1 aliphatic heterocycles. The Morgan fingerprint density at radius 2 is 1.71 bits per heavy atom. The fourth-order valence-electron chi connectivity index (χ4n) is 4.12. The number of nitrogens with zero attached hydrogens (tertiary/aromatic N) is 1.